The molecule has 13 heteroatoms. The van der Waals surface area contributed by atoms with Crippen LogP contribution in [0.3, 0.4) is 0 Å². The highest BCUT2D eigenvalue weighted by Gasteiger charge is 2.38. The average Bonchev–Trinajstić information content (AvgIpc) is 3.67. The van der Waals surface area contributed by atoms with Gasteiger partial charge in [0, 0.05) is 61.9 Å². The van der Waals surface area contributed by atoms with Crippen LogP contribution in [0.1, 0.15) is 25.7 Å². The normalized spacial score (nSPS) is 24.8. The maximum Gasteiger partial charge on any atom is 0.323 e. The molecule has 4 unspecified atom stereocenters. The zero-order chi connectivity index (χ0) is 31.6. The van der Waals surface area contributed by atoms with E-state index >= 15 is 0 Å². The van der Waals surface area contributed by atoms with Crippen LogP contribution in [-0.2, 0) is 4.74 Å². The first-order valence-electron chi connectivity index (χ1n) is 16.3. The van der Waals surface area contributed by atoms with Crippen molar-refractivity contribution in [2.24, 2.45) is 0 Å². The van der Waals surface area contributed by atoms with Gasteiger partial charge in [-0.3, -0.25) is 0 Å². The third-order valence-electron chi connectivity index (χ3n) is 9.61. The van der Waals surface area contributed by atoms with Gasteiger partial charge in [0.1, 0.15) is 0 Å². The number of aromatic nitrogens is 3. The first-order valence-corrected chi connectivity index (χ1v) is 16.3. The third-order valence-corrected chi connectivity index (χ3v) is 9.61. The number of nitrogens with one attached hydrogen (secondary N) is 2. The summed E-state index contributed by atoms with van der Waals surface area (Å²) in [5.41, 5.74) is 3.28. The van der Waals surface area contributed by atoms with Crippen molar-refractivity contribution in [2.75, 3.05) is 84.9 Å². The van der Waals surface area contributed by atoms with Gasteiger partial charge in [0.05, 0.1) is 37.5 Å². The molecule has 2 amide bonds. The van der Waals surface area contributed by atoms with Gasteiger partial charge in [0.2, 0.25) is 11.9 Å². The molecule has 7 rings (SSSR count). The molecule has 4 aliphatic heterocycles. The summed E-state index contributed by atoms with van der Waals surface area (Å²) in [7, 11) is 2.14. The monoisotopic (exact) mass is 629 g/mol. The number of rotatable bonds is 8. The zero-order valence-electron chi connectivity index (χ0n) is 26.3. The van der Waals surface area contributed by atoms with Crippen LogP contribution in [0.15, 0.2) is 48.5 Å². The van der Waals surface area contributed by atoms with Crippen LogP contribution in [0, 0.1) is 0 Å². The van der Waals surface area contributed by atoms with E-state index in [9.17, 15) is 15.0 Å². The Morgan fingerprint density at radius 1 is 0.761 bits per heavy atom. The molecule has 4 aliphatic rings. The molecule has 1 aromatic heterocycles. The second-order valence-corrected chi connectivity index (χ2v) is 12.8. The second-order valence-electron chi connectivity index (χ2n) is 12.8. The van der Waals surface area contributed by atoms with Gasteiger partial charge in [-0.2, -0.15) is 15.0 Å². The van der Waals surface area contributed by atoms with Crippen LogP contribution in [-0.4, -0.2) is 120 Å². The molecule has 4 N–H and O–H groups in total. The summed E-state index contributed by atoms with van der Waals surface area (Å²) >= 11 is 0. The lowest BCUT2D eigenvalue weighted by molar-refractivity contribution is 0.0299. The van der Waals surface area contributed by atoms with Gasteiger partial charge in [-0.15, -0.1) is 0 Å². The van der Waals surface area contributed by atoms with Gasteiger partial charge in [-0.1, -0.05) is 0 Å². The van der Waals surface area contributed by atoms with Crippen molar-refractivity contribution in [3.63, 3.8) is 0 Å². The van der Waals surface area contributed by atoms with E-state index in [-0.39, 0.29) is 43.5 Å². The quantitative estimate of drug-likeness (QED) is 0.292. The molecule has 4 saturated heterocycles. The number of hydrogen-bond acceptors (Lipinski definition) is 11. The Labute approximate surface area is 269 Å². The van der Waals surface area contributed by atoms with Crippen LogP contribution < -0.4 is 25.3 Å². The minimum Gasteiger partial charge on any atom is -0.394 e. The van der Waals surface area contributed by atoms with Gasteiger partial charge < -0.3 is 45.2 Å². The van der Waals surface area contributed by atoms with Gasteiger partial charge in [-0.25, -0.2) is 4.79 Å². The smallest absolute Gasteiger partial charge is 0.323 e. The highest BCUT2D eigenvalue weighted by Crippen LogP contribution is 2.33. The molecular weight excluding hydrogens is 586 g/mol. The molecule has 46 heavy (non-hydrogen) atoms. The molecule has 5 heterocycles. The Hall–Kier alpha value is -4.04. The van der Waals surface area contributed by atoms with Crippen LogP contribution >= 0.6 is 0 Å². The van der Waals surface area contributed by atoms with E-state index in [2.05, 4.69) is 32.4 Å². The molecule has 0 radical (unpaired) electrons. The summed E-state index contributed by atoms with van der Waals surface area (Å²) in [4.78, 5) is 36.2. The second kappa shape index (κ2) is 13.4. The Bertz CT molecular complexity index is 1480. The number of fused-ring (bicyclic) bond motifs is 2. The van der Waals surface area contributed by atoms with E-state index in [1.165, 1.54) is 0 Å². The minimum absolute atomic E-state index is 0.0443. The molecule has 4 atom stereocenters. The number of piperazine rings is 1. The maximum atomic E-state index is 12.8. The Morgan fingerprint density at radius 3 is 1.91 bits per heavy atom. The number of likely N-dealkylation sites (N-methyl/N-ethyl adjacent to an activating group) is 1. The number of aliphatic hydroxyl groups excluding tert-OH is 2. The summed E-state index contributed by atoms with van der Waals surface area (Å²) in [5.74, 6) is 1.52. The van der Waals surface area contributed by atoms with Crippen molar-refractivity contribution < 1.29 is 19.7 Å². The number of morpholine rings is 1. The van der Waals surface area contributed by atoms with Crippen molar-refractivity contribution in [3.05, 3.63) is 48.5 Å². The Morgan fingerprint density at radius 2 is 1.33 bits per heavy atom. The first kappa shape index (κ1) is 30.6. The number of anilines is 5. The molecule has 4 fully saturated rings. The van der Waals surface area contributed by atoms with Crippen molar-refractivity contribution >= 4 is 35.0 Å². The lowest BCUT2D eigenvalue weighted by Gasteiger charge is -2.34. The van der Waals surface area contributed by atoms with Crippen molar-refractivity contribution in [1.29, 1.82) is 0 Å². The van der Waals surface area contributed by atoms with Crippen molar-refractivity contribution in [1.82, 2.24) is 19.9 Å². The first-order chi connectivity index (χ1) is 22.4. The van der Waals surface area contributed by atoms with Crippen LogP contribution in [0.25, 0.3) is 11.4 Å². The van der Waals surface area contributed by atoms with Crippen LogP contribution in [0.5, 0.6) is 0 Å². The Kier molecular flexibility index (Phi) is 8.89. The summed E-state index contributed by atoms with van der Waals surface area (Å²) < 4.78 is 6.05. The summed E-state index contributed by atoms with van der Waals surface area (Å²) in [6.45, 7) is 5.40. The number of carbonyl (C=O) groups is 1. The SMILES string of the molecule is CN1CCN(c2ccc(NC(=O)Nc3ccc(-c4nc(N5CC6CCC(C5)O6)nc(N5C(CO)CCC5CO)n4)cc3)cc2)CC1. The van der Waals surface area contributed by atoms with Crippen molar-refractivity contribution in [3.8, 4) is 11.4 Å². The number of aliphatic hydroxyl groups is 2. The van der Waals surface area contributed by atoms with E-state index in [1.54, 1.807) is 0 Å². The number of hydrogen-bond donors (Lipinski definition) is 4. The Balaban J connectivity index is 1.06. The largest absolute Gasteiger partial charge is 0.394 e. The summed E-state index contributed by atoms with van der Waals surface area (Å²) in [6, 6.07) is 14.7. The van der Waals surface area contributed by atoms with E-state index in [1.807, 2.05) is 53.4 Å². The van der Waals surface area contributed by atoms with E-state index in [0.29, 0.717) is 36.5 Å². The predicted molar refractivity (Wildman–Crippen MR) is 178 cm³/mol. The molecule has 2 bridgehead atoms. The average molecular weight is 630 g/mol. The standard InChI is InChI=1S/C33H43N9O4/c1-39-14-16-40(17-15-39)25-8-6-24(7-9-25)35-33(45)34-23-4-2-22(3-5-23)30-36-31(41-18-28-12-13-29(19-41)46-28)38-32(37-30)42-26(20-43)10-11-27(42)21-44/h2-9,26-29,43-44H,10-21H2,1H3,(H2,34,35,45). The molecule has 3 aromatic rings. The molecular formula is C33H43N9O4. The number of urea groups is 1. The summed E-state index contributed by atoms with van der Waals surface area (Å²) in [5, 5.41) is 26.0. The highest BCUT2D eigenvalue weighted by atomic mass is 16.5. The fraction of sp³-hybridized carbons (Fsp3) is 0.515. The fourth-order valence-electron chi connectivity index (χ4n) is 6.98. The van der Waals surface area contributed by atoms with Gasteiger partial charge in [0.15, 0.2) is 5.82 Å². The van der Waals surface area contributed by atoms with E-state index < -0.39 is 0 Å². The number of ether oxygens (including phenoxy) is 1. The van der Waals surface area contributed by atoms with Crippen LogP contribution in [0.4, 0.5) is 33.8 Å². The van der Waals surface area contributed by atoms with Gasteiger partial charge in [0.25, 0.3) is 0 Å². The number of amides is 2. The molecule has 0 aliphatic carbocycles. The predicted octanol–water partition coefficient (Wildman–Crippen LogP) is 2.62. The molecule has 13 nitrogen and oxygen atoms in total. The molecule has 0 spiro atoms. The van der Waals surface area contributed by atoms with Gasteiger partial charge in [-0.05, 0) is 81.3 Å². The lowest BCUT2D eigenvalue weighted by Crippen LogP contribution is -2.45. The van der Waals surface area contributed by atoms with E-state index in [0.717, 1.165) is 68.8 Å². The van der Waals surface area contributed by atoms with E-state index in [4.69, 9.17) is 19.7 Å². The van der Waals surface area contributed by atoms with Crippen molar-refractivity contribution in [2.45, 2.75) is 50.0 Å². The highest BCUT2D eigenvalue weighted by molar-refractivity contribution is 5.99. The van der Waals surface area contributed by atoms with Crippen LogP contribution in [0.2, 0.25) is 0 Å². The minimum atomic E-state index is -0.328. The molecule has 244 valence electrons. The number of nitrogens with zero attached hydrogens (tertiary/aromatic N) is 7. The zero-order valence-corrected chi connectivity index (χ0v) is 26.3. The maximum absolute atomic E-state index is 12.8. The molecule has 2 aromatic carbocycles. The molecule has 0 saturated carbocycles. The van der Waals surface area contributed by atoms with Gasteiger partial charge >= 0.3 is 6.03 Å². The summed E-state index contributed by atoms with van der Waals surface area (Å²) in [6.07, 6.45) is 3.89. The number of carbonyl (C=O) groups excluding carboxylic acids is 1. The number of benzene rings is 2. The lowest BCUT2D eigenvalue weighted by atomic mass is 10.2. The fourth-order valence-corrected chi connectivity index (χ4v) is 6.98. The topological polar surface area (TPSA) is 142 Å². The third kappa shape index (κ3) is 6.59.